The van der Waals surface area contributed by atoms with E-state index in [1.165, 1.54) is 0 Å². The number of nitrogens with zero attached hydrogens (tertiary/aromatic N) is 3. The van der Waals surface area contributed by atoms with Crippen molar-refractivity contribution in [3.05, 3.63) is 18.2 Å². The Morgan fingerprint density at radius 2 is 2.64 bits per heavy atom. The highest BCUT2D eigenvalue weighted by Crippen LogP contribution is 2.33. The van der Waals surface area contributed by atoms with Gasteiger partial charge in [-0.2, -0.15) is 5.26 Å². The van der Waals surface area contributed by atoms with E-state index < -0.39 is 0 Å². The lowest BCUT2D eigenvalue weighted by Crippen LogP contribution is -2.10. The van der Waals surface area contributed by atoms with Gasteiger partial charge in [0.2, 0.25) is 0 Å². The van der Waals surface area contributed by atoms with E-state index in [4.69, 9.17) is 10.00 Å². The van der Waals surface area contributed by atoms with Gasteiger partial charge in [0.1, 0.15) is 6.10 Å². The van der Waals surface area contributed by atoms with E-state index in [1.807, 2.05) is 4.57 Å². The van der Waals surface area contributed by atoms with Gasteiger partial charge in [0.25, 0.3) is 0 Å². The van der Waals surface area contributed by atoms with E-state index in [9.17, 15) is 0 Å². The second kappa shape index (κ2) is 3.81. The van der Waals surface area contributed by atoms with Crippen LogP contribution in [0.15, 0.2) is 12.5 Å². The van der Waals surface area contributed by atoms with Crippen LogP contribution in [0.2, 0.25) is 0 Å². The minimum Gasteiger partial charge on any atom is -0.371 e. The van der Waals surface area contributed by atoms with Crippen LogP contribution >= 0.6 is 0 Å². The summed E-state index contributed by atoms with van der Waals surface area (Å²) in [5.41, 5.74) is 1.02. The van der Waals surface area contributed by atoms with Crippen LogP contribution in [0.5, 0.6) is 0 Å². The maximum Gasteiger partial charge on any atom is 0.115 e. The van der Waals surface area contributed by atoms with E-state index in [-0.39, 0.29) is 12.0 Å². The fraction of sp³-hybridized carbons (Fsp3) is 0.600. The fourth-order valence-corrected chi connectivity index (χ4v) is 1.85. The lowest BCUT2D eigenvalue weighted by Gasteiger charge is -2.14. The maximum atomic E-state index is 8.94. The number of nitriles is 1. The Morgan fingerprint density at radius 3 is 3.36 bits per heavy atom. The first-order valence-electron chi connectivity index (χ1n) is 4.88. The molecule has 1 fully saturated rings. The highest BCUT2D eigenvalue weighted by molar-refractivity contribution is 5.10. The van der Waals surface area contributed by atoms with Crippen molar-refractivity contribution in [2.75, 3.05) is 6.61 Å². The molecular weight excluding hydrogens is 178 g/mol. The second-order valence-electron chi connectivity index (χ2n) is 3.42. The third kappa shape index (κ3) is 1.40. The Kier molecular flexibility index (Phi) is 2.51. The molecule has 2 atom stereocenters. The first kappa shape index (κ1) is 9.22. The topological polar surface area (TPSA) is 50.8 Å². The van der Waals surface area contributed by atoms with Crippen LogP contribution < -0.4 is 0 Å². The van der Waals surface area contributed by atoms with Crippen LogP contribution in [0.4, 0.5) is 0 Å². The molecule has 1 aliphatic rings. The molecule has 74 valence electrons. The number of hydrogen-bond donors (Lipinski definition) is 0. The van der Waals surface area contributed by atoms with E-state index in [1.54, 1.807) is 12.5 Å². The zero-order valence-corrected chi connectivity index (χ0v) is 8.18. The van der Waals surface area contributed by atoms with Crippen molar-refractivity contribution in [1.82, 2.24) is 9.55 Å². The molecule has 14 heavy (non-hydrogen) atoms. The Hall–Kier alpha value is -1.34. The van der Waals surface area contributed by atoms with E-state index >= 15 is 0 Å². The Morgan fingerprint density at radius 1 is 1.79 bits per heavy atom. The lowest BCUT2D eigenvalue weighted by molar-refractivity contribution is 0.0943. The summed E-state index contributed by atoms with van der Waals surface area (Å²) >= 11 is 0. The van der Waals surface area contributed by atoms with Crippen molar-refractivity contribution in [3.8, 4) is 6.07 Å². The second-order valence-corrected chi connectivity index (χ2v) is 3.42. The summed E-state index contributed by atoms with van der Waals surface area (Å²) < 4.78 is 7.59. The van der Waals surface area contributed by atoms with Crippen LogP contribution in [0.1, 0.15) is 25.1 Å². The van der Waals surface area contributed by atoms with Crippen molar-refractivity contribution in [2.45, 2.75) is 26.0 Å². The van der Waals surface area contributed by atoms with Crippen LogP contribution in [0.25, 0.3) is 0 Å². The monoisotopic (exact) mass is 191 g/mol. The molecule has 0 bridgehead atoms. The average molecular weight is 191 g/mol. The summed E-state index contributed by atoms with van der Waals surface area (Å²) in [4.78, 5) is 4.08. The van der Waals surface area contributed by atoms with Crippen LogP contribution in [-0.4, -0.2) is 16.2 Å². The molecule has 0 spiro atoms. The largest absolute Gasteiger partial charge is 0.371 e. The molecule has 0 aromatic carbocycles. The molecule has 1 aliphatic heterocycles. The summed E-state index contributed by atoms with van der Waals surface area (Å²) in [5.74, 6) is -0.0167. The number of ether oxygens (including phenoxy) is 1. The summed E-state index contributed by atoms with van der Waals surface area (Å²) in [5, 5.41) is 8.94. The van der Waals surface area contributed by atoms with Gasteiger partial charge < -0.3 is 9.30 Å². The van der Waals surface area contributed by atoms with E-state index in [0.29, 0.717) is 6.61 Å². The van der Waals surface area contributed by atoms with Crippen LogP contribution in [0.3, 0.4) is 0 Å². The number of aromatic nitrogens is 2. The molecule has 0 radical (unpaired) electrons. The van der Waals surface area contributed by atoms with Crippen LogP contribution in [-0.2, 0) is 11.3 Å². The molecule has 0 aliphatic carbocycles. The molecule has 4 nitrogen and oxygen atoms in total. The summed E-state index contributed by atoms with van der Waals surface area (Å²) in [6.07, 6.45) is 4.33. The summed E-state index contributed by atoms with van der Waals surface area (Å²) in [6, 6.07) is 2.29. The number of imidazole rings is 1. The average Bonchev–Trinajstić information content (AvgIpc) is 2.85. The fourth-order valence-electron chi connectivity index (χ4n) is 1.85. The van der Waals surface area contributed by atoms with Crippen molar-refractivity contribution >= 4 is 0 Å². The summed E-state index contributed by atoms with van der Waals surface area (Å²) in [6.45, 7) is 3.60. The van der Waals surface area contributed by atoms with Gasteiger partial charge in [-0.05, 0) is 13.3 Å². The molecule has 1 aromatic heterocycles. The number of aryl methyl sites for hydroxylation is 1. The first-order valence-corrected chi connectivity index (χ1v) is 4.88. The van der Waals surface area contributed by atoms with Crippen LogP contribution in [0, 0.1) is 17.2 Å². The third-order valence-corrected chi connectivity index (χ3v) is 2.63. The SMILES string of the molecule is CCn1cncc1C1OCCC1C#N. The van der Waals surface area contributed by atoms with E-state index in [0.717, 1.165) is 18.7 Å². The van der Waals surface area contributed by atoms with Crippen molar-refractivity contribution < 1.29 is 4.74 Å². The van der Waals surface area contributed by atoms with Crippen molar-refractivity contribution in [2.24, 2.45) is 5.92 Å². The van der Waals surface area contributed by atoms with Crippen molar-refractivity contribution in [3.63, 3.8) is 0 Å². The minimum absolute atomic E-state index is 0.0167. The molecule has 2 rings (SSSR count). The van der Waals surface area contributed by atoms with Gasteiger partial charge in [-0.15, -0.1) is 0 Å². The summed E-state index contributed by atoms with van der Waals surface area (Å²) in [7, 11) is 0. The number of rotatable bonds is 2. The molecule has 2 unspecified atom stereocenters. The maximum absolute atomic E-state index is 8.94. The van der Waals surface area contributed by atoms with Gasteiger partial charge in [-0.1, -0.05) is 0 Å². The first-order chi connectivity index (χ1) is 6.86. The van der Waals surface area contributed by atoms with Gasteiger partial charge in [0.05, 0.1) is 30.2 Å². The van der Waals surface area contributed by atoms with E-state index in [2.05, 4.69) is 18.0 Å². The smallest absolute Gasteiger partial charge is 0.115 e. The predicted molar refractivity (Wildman–Crippen MR) is 50.3 cm³/mol. The normalized spacial score (nSPS) is 26.3. The number of hydrogen-bond acceptors (Lipinski definition) is 3. The zero-order chi connectivity index (χ0) is 9.97. The third-order valence-electron chi connectivity index (χ3n) is 2.63. The molecular formula is C10H13N3O. The molecule has 1 aromatic rings. The molecule has 4 heteroatoms. The highest BCUT2D eigenvalue weighted by Gasteiger charge is 2.31. The molecule has 0 amide bonds. The Bertz CT molecular complexity index is 352. The Labute approximate surface area is 83.1 Å². The van der Waals surface area contributed by atoms with Gasteiger partial charge in [-0.3, -0.25) is 0 Å². The highest BCUT2D eigenvalue weighted by atomic mass is 16.5. The van der Waals surface area contributed by atoms with Gasteiger partial charge >= 0.3 is 0 Å². The molecule has 0 N–H and O–H groups in total. The molecule has 1 saturated heterocycles. The zero-order valence-electron chi connectivity index (χ0n) is 8.18. The lowest BCUT2D eigenvalue weighted by atomic mass is 10.0. The van der Waals surface area contributed by atoms with Gasteiger partial charge in [0.15, 0.2) is 0 Å². The molecule has 0 saturated carbocycles. The standard InChI is InChI=1S/C10H13N3O/c1-2-13-7-12-6-9(13)10-8(5-11)3-4-14-10/h6-8,10H,2-4H2,1H3. The minimum atomic E-state index is -0.0811. The van der Waals surface area contributed by atoms with Gasteiger partial charge in [-0.25, -0.2) is 4.98 Å². The van der Waals surface area contributed by atoms with Crippen molar-refractivity contribution in [1.29, 1.82) is 5.26 Å². The molecule has 2 heterocycles. The quantitative estimate of drug-likeness (QED) is 0.711. The Balaban J connectivity index is 2.26. The van der Waals surface area contributed by atoms with Gasteiger partial charge in [0, 0.05) is 13.2 Å². The predicted octanol–water partition coefficient (Wildman–Crippen LogP) is 1.50.